The van der Waals surface area contributed by atoms with Crippen molar-refractivity contribution in [3.8, 4) is 0 Å². The second-order valence-electron chi connectivity index (χ2n) is 5.66. The van der Waals surface area contributed by atoms with Gasteiger partial charge in [-0.25, -0.2) is 18.2 Å². The summed E-state index contributed by atoms with van der Waals surface area (Å²) in [6, 6.07) is 14.6. The predicted molar refractivity (Wildman–Crippen MR) is 97.6 cm³/mol. The lowest BCUT2D eigenvalue weighted by Crippen LogP contribution is -2.18. The Morgan fingerprint density at radius 3 is 2.33 bits per heavy atom. The molecule has 7 heteroatoms. The maximum atomic E-state index is 13.7. The fourth-order valence-electron chi connectivity index (χ4n) is 2.63. The quantitative estimate of drug-likeness (QED) is 0.648. The van der Waals surface area contributed by atoms with E-state index in [1.165, 1.54) is 0 Å². The molecule has 0 unspecified atom stereocenters. The molecule has 1 aromatic heterocycles. The largest absolute Gasteiger partial charge is 0.341 e. The average molecular weight is 371 g/mol. The standard InChI is InChI=1S/C20H16F3N3O/c1-2-26(13-6-4-3-5-7-13)14-8-11-17(24-12-14)25-20(27)15-9-10-16(21)19(23)18(15)22/h3-12H,2H2,1H3,(H,24,25,27). The van der Waals surface area contributed by atoms with Crippen LogP contribution in [0.3, 0.4) is 0 Å². The summed E-state index contributed by atoms with van der Waals surface area (Å²) in [6.45, 7) is 2.70. The lowest BCUT2D eigenvalue weighted by molar-refractivity contribution is 0.102. The Morgan fingerprint density at radius 2 is 1.70 bits per heavy atom. The zero-order chi connectivity index (χ0) is 19.4. The van der Waals surface area contributed by atoms with E-state index < -0.39 is 28.9 Å². The summed E-state index contributed by atoms with van der Waals surface area (Å²) in [5.74, 6) is -5.33. The molecule has 0 aliphatic carbocycles. The second kappa shape index (κ2) is 7.90. The molecule has 0 bridgehead atoms. The highest BCUT2D eigenvalue weighted by Gasteiger charge is 2.19. The summed E-state index contributed by atoms with van der Waals surface area (Å²) in [5.41, 5.74) is 1.20. The molecule has 1 heterocycles. The van der Waals surface area contributed by atoms with Crippen molar-refractivity contribution < 1.29 is 18.0 Å². The van der Waals surface area contributed by atoms with Gasteiger partial charge in [0.05, 0.1) is 17.4 Å². The van der Waals surface area contributed by atoms with Crippen molar-refractivity contribution in [1.82, 2.24) is 4.98 Å². The molecule has 0 saturated carbocycles. The first-order valence-electron chi connectivity index (χ1n) is 8.24. The van der Waals surface area contributed by atoms with Gasteiger partial charge < -0.3 is 10.2 Å². The zero-order valence-electron chi connectivity index (χ0n) is 14.4. The first kappa shape index (κ1) is 18.4. The van der Waals surface area contributed by atoms with Crippen LogP contribution in [0, 0.1) is 17.5 Å². The van der Waals surface area contributed by atoms with Gasteiger partial charge in [0.1, 0.15) is 5.82 Å². The van der Waals surface area contributed by atoms with Gasteiger partial charge in [0, 0.05) is 12.2 Å². The van der Waals surface area contributed by atoms with Gasteiger partial charge in [0.2, 0.25) is 0 Å². The third-order valence-corrected chi connectivity index (χ3v) is 3.97. The average Bonchev–Trinajstić information content (AvgIpc) is 2.69. The van der Waals surface area contributed by atoms with Crippen molar-refractivity contribution in [1.29, 1.82) is 0 Å². The third kappa shape index (κ3) is 3.92. The maximum absolute atomic E-state index is 13.7. The van der Waals surface area contributed by atoms with Crippen LogP contribution in [0.15, 0.2) is 60.8 Å². The number of aromatic nitrogens is 1. The van der Waals surface area contributed by atoms with Gasteiger partial charge in [-0.05, 0) is 43.3 Å². The van der Waals surface area contributed by atoms with E-state index in [9.17, 15) is 18.0 Å². The normalized spacial score (nSPS) is 10.5. The van der Waals surface area contributed by atoms with Gasteiger partial charge in [0.25, 0.3) is 5.91 Å². The molecule has 3 aromatic rings. The van der Waals surface area contributed by atoms with Crippen molar-refractivity contribution in [2.45, 2.75) is 6.92 Å². The van der Waals surface area contributed by atoms with Crippen LogP contribution in [0.4, 0.5) is 30.4 Å². The van der Waals surface area contributed by atoms with Gasteiger partial charge in [-0.15, -0.1) is 0 Å². The molecule has 27 heavy (non-hydrogen) atoms. The number of benzene rings is 2. The van der Waals surface area contributed by atoms with Gasteiger partial charge in [0.15, 0.2) is 17.5 Å². The monoisotopic (exact) mass is 371 g/mol. The molecular formula is C20H16F3N3O. The minimum Gasteiger partial charge on any atom is -0.341 e. The summed E-state index contributed by atoms with van der Waals surface area (Å²) in [4.78, 5) is 18.3. The van der Waals surface area contributed by atoms with E-state index >= 15 is 0 Å². The van der Waals surface area contributed by atoms with Gasteiger partial charge in [-0.1, -0.05) is 18.2 Å². The van der Waals surface area contributed by atoms with Crippen molar-refractivity contribution in [3.63, 3.8) is 0 Å². The smallest absolute Gasteiger partial charge is 0.259 e. The molecule has 0 aliphatic heterocycles. The van der Waals surface area contributed by atoms with Gasteiger partial charge in [-0.3, -0.25) is 4.79 Å². The van der Waals surface area contributed by atoms with Crippen LogP contribution in [0.2, 0.25) is 0 Å². The number of hydrogen-bond donors (Lipinski definition) is 1. The molecule has 1 N–H and O–H groups in total. The lowest BCUT2D eigenvalue weighted by atomic mass is 10.2. The zero-order valence-corrected chi connectivity index (χ0v) is 14.4. The highest BCUT2D eigenvalue weighted by atomic mass is 19.2. The Kier molecular flexibility index (Phi) is 5.40. The molecule has 0 aliphatic rings. The van der Waals surface area contributed by atoms with Crippen LogP contribution in [-0.4, -0.2) is 17.4 Å². The first-order chi connectivity index (χ1) is 13.0. The van der Waals surface area contributed by atoms with E-state index in [-0.39, 0.29) is 5.82 Å². The van der Waals surface area contributed by atoms with Crippen LogP contribution in [0.25, 0.3) is 0 Å². The Hall–Kier alpha value is -3.35. The number of para-hydroxylation sites is 1. The number of nitrogens with zero attached hydrogens (tertiary/aromatic N) is 2. The predicted octanol–water partition coefficient (Wildman–Crippen LogP) is 4.91. The number of anilines is 3. The van der Waals surface area contributed by atoms with E-state index in [4.69, 9.17) is 0 Å². The highest BCUT2D eigenvalue weighted by molar-refractivity contribution is 6.04. The molecule has 0 radical (unpaired) electrons. The van der Waals surface area contributed by atoms with Gasteiger partial charge in [-0.2, -0.15) is 0 Å². The van der Waals surface area contributed by atoms with Crippen molar-refractivity contribution in [2.75, 3.05) is 16.8 Å². The van der Waals surface area contributed by atoms with Crippen LogP contribution < -0.4 is 10.2 Å². The minimum absolute atomic E-state index is 0.164. The SMILES string of the molecule is CCN(c1ccccc1)c1ccc(NC(=O)c2ccc(F)c(F)c2F)nc1. The molecule has 2 aromatic carbocycles. The second-order valence-corrected chi connectivity index (χ2v) is 5.66. The molecular weight excluding hydrogens is 355 g/mol. The number of nitrogens with one attached hydrogen (secondary N) is 1. The number of rotatable bonds is 5. The van der Waals surface area contributed by atoms with E-state index in [0.717, 1.165) is 17.4 Å². The van der Waals surface area contributed by atoms with Crippen molar-refractivity contribution >= 4 is 23.1 Å². The van der Waals surface area contributed by atoms with Crippen molar-refractivity contribution in [3.05, 3.63) is 83.8 Å². The number of hydrogen-bond acceptors (Lipinski definition) is 3. The lowest BCUT2D eigenvalue weighted by Gasteiger charge is -2.23. The Bertz CT molecular complexity index is 947. The highest BCUT2D eigenvalue weighted by Crippen LogP contribution is 2.25. The molecule has 0 saturated heterocycles. The van der Waals surface area contributed by atoms with E-state index in [0.29, 0.717) is 12.6 Å². The molecule has 138 valence electrons. The van der Waals surface area contributed by atoms with Gasteiger partial charge >= 0.3 is 0 Å². The molecule has 0 spiro atoms. The molecule has 3 rings (SSSR count). The van der Waals surface area contributed by atoms with Crippen LogP contribution in [0.5, 0.6) is 0 Å². The number of carbonyl (C=O) groups is 1. The third-order valence-electron chi connectivity index (χ3n) is 3.97. The first-order valence-corrected chi connectivity index (χ1v) is 8.24. The fourth-order valence-corrected chi connectivity index (χ4v) is 2.63. The Balaban J connectivity index is 1.78. The summed E-state index contributed by atoms with van der Waals surface area (Å²) in [5, 5.41) is 2.37. The number of halogens is 3. The van der Waals surface area contributed by atoms with E-state index in [1.54, 1.807) is 18.3 Å². The topological polar surface area (TPSA) is 45.2 Å². The summed E-state index contributed by atoms with van der Waals surface area (Å²) >= 11 is 0. The molecule has 0 atom stereocenters. The van der Waals surface area contributed by atoms with Crippen LogP contribution >= 0.6 is 0 Å². The maximum Gasteiger partial charge on any atom is 0.259 e. The fraction of sp³-hybridized carbons (Fsp3) is 0.100. The summed E-state index contributed by atoms with van der Waals surface area (Å²) in [6.07, 6.45) is 1.56. The molecule has 4 nitrogen and oxygen atoms in total. The van der Waals surface area contributed by atoms with Crippen molar-refractivity contribution in [2.24, 2.45) is 0 Å². The molecule has 0 fully saturated rings. The molecule has 1 amide bonds. The van der Waals surface area contributed by atoms with E-state index in [1.807, 2.05) is 42.2 Å². The number of carbonyl (C=O) groups excluding carboxylic acids is 1. The van der Waals surface area contributed by atoms with Crippen LogP contribution in [-0.2, 0) is 0 Å². The Labute approximate surface area is 154 Å². The number of pyridine rings is 1. The minimum atomic E-state index is -1.69. The van der Waals surface area contributed by atoms with E-state index in [2.05, 4.69) is 10.3 Å². The Morgan fingerprint density at radius 1 is 0.963 bits per heavy atom. The summed E-state index contributed by atoms with van der Waals surface area (Å²) in [7, 11) is 0. The van der Waals surface area contributed by atoms with Crippen LogP contribution in [0.1, 0.15) is 17.3 Å². The number of amides is 1. The summed E-state index contributed by atoms with van der Waals surface area (Å²) < 4.78 is 40.0.